The van der Waals surface area contributed by atoms with Crippen molar-refractivity contribution in [3.63, 3.8) is 0 Å². The average molecular weight is 553 g/mol. The van der Waals surface area contributed by atoms with Crippen LogP contribution in [0, 0.1) is 6.92 Å². The van der Waals surface area contributed by atoms with E-state index in [1.165, 1.54) is 17.0 Å². The van der Waals surface area contributed by atoms with Crippen LogP contribution in [-0.2, 0) is 24.4 Å². The lowest BCUT2D eigenvalue weighted by atomic mass is 10.0. The third-order valence-electron chi connectivity index (χ3n) is 6.14. The van der Waals surface area contributed by atoms with Gasteiger partial charge >= 0.3 is 5.97 Å². The highest BCUT2D eigenvalue weighted by molar-refractivity contribution is 8.00. The van der Waals surface area contributed by atoms with Crippen LogP contribution >= 0.6 is 11.8 Å². The first-order chi connectivity index (χ1) is 18.1. The number of hydrogen-bond acceptors (Lipinski definition) is 7. The molecular formula is C28H28N2O6S2. The van der Waals surface area contributed by atoms with E-state index in [1.54, 1.807) is 23.9 Å². The van der Waals surface area contributed by atoms with Crippen molar-refractivity contribution >= 4 is 33.8 Å². The van der Waals surface area contributed by atoms with Crippen molar-refractivity contribution in [2.24, 2.45) is 5.73 Å². The summed E-state index contributed by atoms with van der Waals surface area (Å²) >= 11 is 1.58. The number of fused-ring (bicyclic) bond motifs is 1. The highest BCUT2D eigenvalue weighted by Crippen LogP contribution is 2.40. The molecule has 1 amide bonds. The van der Waals surface area contributed by atoms with Crippen molar-refractivity contribution in [2.45, 2.75) is 36.3 Å². The zero-order chi connectivity index (χ0) is 27.4. The van der Waals surface area contributed by atoms with Crippen LogP contribution in [0.5, 0.6) is 0 Å². The standard InChI is InChI=1S/C21H20N2O3S.C7H8O3S/c1-13-12-27-20-16(22)19(24)23(20)17(13)21(25)26-18(14-8-4-2-5-9-14)15-10-6-3-7-11-15;1-6-2-4-7(5-3-6)11(8,9)10/h2-11,16,18,20H,12,22H2,1H3;2-5H,1H3,(H,8,9,10)/t16-,20-;/m1./s1. The van der Waals surface area contributed by atoms with Gasteiger partial charge in [0, 0.05) is 5.75 Å². The summed E-state index contributed by atoms with van der Waals surface area (Å²) in [7, 11) is -4.02. The lowest BCUT2D eigenvalue weighted by Gasteiger charge is -2.48. The maximum Gasteiger partial charge on any atom is 0.356 e. The van der Waals surface area contributed by atoms with Crippen molar-refractivity contribution < 1.29 is 27.3 Å². The van der Waals surface area contributed by atoms with Crippen LogP contribution in [-0.4, -0.2) is 46.9 Å². The molecule has 1 saturated heterocycles. The highest BCUT2D eigenvalue weighted by Gasteiger charge is 2.51. The summed E-state index contributed by atoms with van der Waals surface area (Å²) in [5, 5.41) is -0.185. The molecule has 2 aliphatic rings. The average Bonchev–Trinajstić information content (AvgIpc) is 2.92. The second kappa shape index (κ2) is 11.5. The van der Waals surface area contributed by atoms with E-state index in [-0.39, 0.29) is 16.2 Å². The van der Waals surface area contributed by atoms with Gasteiger partial charge in [0.25, 0.3) is 10.1 Å². The van der Waals surface area contributed by atoms with Crippen molar-refractivity contribution in [3.05, 3.63) is 113 Å². The summed E-state index contributed by atoms with van der Waals surface area (Å²) in [5.41, 5.74) is 9.76. The van der Waals surface area contributed by atoms with Gasteiger partial charge in [-0.05, 0) is 42.7 Å². The Labute approximate surface area is 226 Å². The number of ether oxygens (including phenoxy) is 1. The normalized spacial score (nSPS) is 18.8. The maximum absolute atomic E-state index is 13.1. The summed E-state index contributed by atoms with van der Waals surface area (Å²) in [4.78, 5) is 26.7. The van der Waals surface area contributed by atoms with Crippen molar-refractivity contribution in [1.29, 1.82) is 0 Å². The van der Waals surface area contributed by atoms with Crippen molar-refractivity contribution in [2.75, 3.05) is 5.75 Å². The Morgan fingerprint density at radius 3 is 2.00 bits per heavy atom. The van der Waals surface area contributed by atoms with Crippen LogP contribution in [0.3, 0.4) is 0 Å². The van der Waals surface area contributed by atoms with E-state index < -0.39 is 28.2 Å². The van der Waals surface area contributed by atoms with Crippen LogP contribution in [0.25, 0.3) is 0 Å². The van der Waals surface area contributed by atoms with Gasteiger partial charge in [-0.15, -0.1) is 11.8 Å². The molecule has 0 spiro atoms. The maximum atomic E-state index is 13.1. The summed E-state index contributed by atoms with van der Waals surface area (Å²) in [6.07, 6.45) is -0.543. The molecule has 2 heterocycles. The predicted octanol–water partition coefficient (Wildman–Crippen LogP) is 4.08. The van der Waals surface area contributed by atoms with Crippen LogP contribution in [0.15, 0.2) is 101 Å². The number of aryl methyl sites for hydroxylation is 1. The SMILES string of the molecule is CC1=C(C(=O)OC(c2ccccc2)c2ccccc2)N2C(=O)[C@@H](N)[C@H]2SC1.Cc1ccc(S(=O)(=O)O)cc1. The molecule has 0 bridgehead atoms. The molecule has 3 aromatic rings. The lowest BCUT2D eigenvalue weighted by Crippen LogP contribution is -2.68. The van der Waals surface area contributed by atoms with Gasteiger partial charge in [-0.3, -0.25) is 14.2 Å². The first kappa shape index (κ1) is 27.6. The third kappa shape index (κ3) is 5.99. The van der Waals surface area contributed by atoms with E-state index in [9.17, 15) is 18.0 Å². The van der Waals surface area contributed by atoms with Crippen molar-refractivity contribution in [1.82, 2.24) is 4.90 Å². The minimum atomic E-state index is -4.02. The monoisotopic (exact) mass is 552 g/mol. The molecule has 2 atom stereocenters. The summed E-state index contributed by atoms with van der Waals surface area (Å²) in [5.74, 6) is -0.0567. The van der Waals surface area contributed by atoms with E-state index >= 15 is 0 Å². The summed E-state index contributed by atoms with van der Waals surface area (Å²) < 4.78 is 35.5. The molecule has 3 aromatic carbocycles. The number of carbonyl (C=O) groups is 2. The van der Waals surface area contributed by atoms with Gasteiger partial charge in [-0.2, -0.15) is 8.42 Å². The number of amides is 1. The Kier molecular flexibility index (Phi) is 8.37. The number of rotatable bonds is 5. The molecule has 0 unspecified atom stereocenters. The molecule has 5 rings (SSSR count). The van der Waals surface area contributed by atoms with Crippen LogP contribution < -0.4 is 5.73 Å². The van der Waals surface area contributed by atoms with E-state index in [4.69, 9.17) is 15.0 Å². The molecular weight excluding hydrogens is 524 g/mol. The van der Waals surface area contributed by atoms with Gasteiger partial charge in [0.05, 0.1) is 4.90 Å². The molecule has 8 nitrogen and oxygen atoms in total. The van der Waals surface area contributed by atoms with E-state index in [2.05, 4.69) is 0 Å². The van der Waals surface area contributed by atoms with Crippen LogP contribution in [0.1, 0.15) is 29.7 Å². The number of thioether (sulfide) groups is 1. The fourth-order valence-electron chi connectivity index (χ4n) is 4.12. The minimum Gasteiger partial charge on any atom is -0.448 e. The molecule has 1 fully saturated rings. The fourth-order valence-corrected chi connectivity index (χ4v) is 5.84. The first-order valence-electron chi connectivity index (χ1n) is 11.8. The lowest BCUT2D eigenvalue weighted by molar-refractivity contribution is -0.153. The number of benzene rings is 3. The second-order valence-electron chi connectivity index (χ2n) is 8.96. The first-order valence-corrected chi connectivity index (χ1v) is 14.3. The Hall–Kier alpha value is -3.44. The largest absolute Gasteiger partial charge is 0.448 e. The van der Waals surface area contributed by atoms with Crippen LogP contribution in [0.2, 0.25) is 0 Å². The van der Waals surface area contributed by atoms with Gasteiger partial charge in [0.1, 0.15) is 17.1 Å². The molecule has 2 aliphatic heterocycles. The minimum absolute atomic E-state index is 0.0666. The summed E-state index contributed by atoms with van der Waals surface area (Å²) in [6.45, 7) is 3.70. The number of nitrogens with zero attached hydrogens (tertiary/aromatic N) is 1. The summed E-state index contributed by atoms with van der Waals surface area (Å²) in [6, 6.07) is 24.6. The van der Waals surface area contributed by atoms with Gasteiger partial charge in [0.2, 0.25) is 5.91 Å². The van der Waals surface area contributed by atoms with Gasteiger partial charge in [-0.1, -0.05) is 78.4 Å². The highest BCUT2D eigenvalue weighted by atomic mass is 32.2. The van der Waals surface area contributed by atoms with Gasteiger partial charge < -0.3 is 10.5 Å². The van der Waals surface area contributed by atoms with Crippen LogP contribution in [0.4, 0.5) is 0 Å². The molecule has 0 aliphatic carbocycles. The van der Waals surface area contributed by atoms with E-state index in [0.717, 1.165) is 22.3 Å². The van der Waals surface area contributed by atoms with Gasteiger partial charge in [-0.25, -0.2) is 4.79 Å². The molecule has 0 radical (unpaired) electrons. The molecule has 38 heavy (non-hydrogen) atoms. The topological polar surface area (TPSA) is 127 Å². The molecule has 198 valence electrons. The Morgan fingerprint density at radius 2 is 1.50 bits per heavy atom. The van der Waals surface area contributed by atoms with E-state index in [1.807, 2.05) is 74.5 Å². The van der Waals surface area contributed by atoms with Crippen molar-refractivity contribution in [3.8, 4) is 0 Å². The Bertz CT molecular complexity index is 1400. The third-order valence-corrected chi connectivity index (χ3v) is 8.45. The zero-order valence-electron chi connectivity index (χ0n) is 20.9. The number of esters is 1. The zero-order valence-corrected chi connectivity index (χ0v) is 22.5. The second-order valence-corrected chi connectivity index (χ2v) is 11.5. The van der Waals surface area contributed by atoms with Gasteiger partial charge in [0.15, 0.2) is 6.10 Å². The molecule has 0 aromatic heterocycles. The molecule has 10 heteroatoms. The number of carbonyl (C=O) groups excluding carboxylic acids is 2. The number of hydrogen-bond donors (Lipinski definition) is 2. The fraction of sp³-hybridized carbons (Fsp3) is 0.214. The molecule has 0 saturated carbocycles. The Balaban J connectivity index is 0.000000257. The predicted molar refractivity (Wildman–Crippen MR) is 146 cm³/mol. The Morgan fingerprint density at radius 1 is 0.974 bits per heavy atom. The quantitative estimate of drug-likeness (QED) is 0.275. The molecule has 3 N–H and O–H groups in total. The number of nitrogens with two attached hydrogens (primary N) is 1. The number of β-lactam (4-membered cyclic amide) rings is 1. The smallest absolute Gasteiger partial charge is 0.356 e. The van der Waals surface area contributed by atoms with E-state index in [0.29, 0.717) is 11.4 Å².